The second kappa shape index (κ2) is 5.79. The van der Waals surface area contributed by atoms with Crippen LogP contribution in [0.5, 0.6) is 0 Å². The lowest BCUT2D eigenvalue weighted by Crippen LogP contribution is -2.13. The fraction of sp³-hybridized carbons (Fsp3) is 0.231. The fourth-order valence-electron chi connectivity index (χ4n) is 1.79. The van der Waals surface area contributed by atoms with Gasteiger partial charge in [-0.05, 0) is 81.5 Å². The smallest absolute Gasteiger partial charge is 0.271 e. The topological polar surface area (TPSA) is 46.2 Å². The van der Waals surface area contributed by atoms with Crippen LogP contribution in [0.1, 0.15) is 16.7 Å². The third-order valence-corrected chi connectivity index (χ3v) is 7.35. The van der Waals surface area contributed by atoms with Crippen LogP contribution < -0.4 is 4.72 Å². The molecule has 0 saturated heterocycles. The first kappa shape index (κ1) is 16.0. The van der Waals surface area contributed by atoms with Crippen molar-refractivity contribution in [2.24, 2.45) is 0 Å². The molecule has 108 valence electrons. The molecular formula is C13H13Br2NO2S2. The number of halogens is 2. The molecule has 7 heteroatoms. The number of sulfonamides is 1. The maximum Gasteiger partial charge on any atom is 0.271 e. The molecule has 0 fully saturated rings. The molecule has 0 unspecified atom stereocenters. The van der Waals surface area contributed by atoms with Crippen LogP contribution in [-0.4, -0.2) is 8.42 Å². The number of anilines is 1. The Morgan fingerprint density at radius 1 is 1.05 bits per heavy atom. The molecule has 0 bridgehead atoms. The summed E-state index contributed by atoms with van der Waals surface area (Å²) < 4.78 is 29.4. The Hall–Kier alpha value is -0.370. The molecule has 0 aliphatic rings. The van der Waals surface area contributed by atoms with E-state index in [0.717, 1.165) is 24.9 Å². The van der Waals surface area contributed by atoms with Crippen LogP contribution in [0.15, 0.2) is 30.7 Å². The van der Waals surface area contributed by atoms with Gasteiger partial charge < -0.3 is 0 Å². The van der Waals surface area contributed by atoms with Crippen molar-refractivity contribution in [2.45, 2.75) is 25.0 Å². The molecule has 0 saturated carbocycles. The number of hydrogen-bond donors (Lipinski definition) is 1. The number of benzene rings is 1. The molecule has 0 amide bonds. The van der Waals surface area contributed by atoms with Gasteiger partial charge in [0, 0.05) is 4.47 Å². The first-order valence-corrected chi connectivity index (χ1v) is 9.65. The van der Waals surface area contributed by atoms with E-state index in [9.17, 15) is 8.42 Å². The Bertz CT molecular complexity index is 724. The molecule has 0 atom stereocenters. The largest absolute Gasteiger partial charge is 0.278 e. The Kier molecular flexibility index (Phi) is 4.63. The summed E-state index contributed by atoms with van der Waals surface area (Å²) in [6, 6.07) is 5.49. The number of hydrogen-bond acceptors (Lipinski definition) is 3. The Morgan fingerprint density at radius 2 is 1.70 bits per heavy atom. The zero-order valence-electron chi connectivity index (χ0n) is 11.1. The Balaban J connectivity index is 2.43. The summed E-state index contributed by atoms with van der Waals surface area (Å²) in [5, 5.41) is 0. The van der Waals surface area contributed by atoms with Gasteiger partial charge in [-0.3, -0.25) is 4.72 Å². The normalized spacial score (nSPS) is 11.7. The van der Waals surface area contributed by atoms with Crippen molar-refractivity contribution < 1.29 is 8.42 Å². The van der Waals surface area contributed by atoms with Crippen molar-refractivity contribution in [3.05, 3.63) is 43.1 Å². The van der Waals surface area contributed by atoms with E-state index in [1.807, 2.05) is 32.9 Å². The van der Waals surface area contributed by atoms with E-state index < -0.39 is 10.0 Å². The van der Waals surface area contributed by atoms with Crippen molar-refractivity contribution in [1.82, 2.24) is 0 Å². The van der Waals surface area contributed by atoms with Gasteiger partial charge >= 0.3 is 0 Å². The summed E-state index contributed by atoms with van der Waals surface area (Å²) in [5.74, 6) is 0. The molecule has 20 heavy (non-hydrogen) atoms. The zero-order valence-corrected chi connectivity index (χ0v) is 15.9. The third kappa shape index (κ3) is 3.27. The molecule has 0 radical (unpaired) electrons. The number of aryl methyl sites for hydroxylation is 3. The van der Waals surface area contributed by atoms with Crippen LogP contribution in [0.3, 0.4) is 0 Å². The fourth-order valence-corrected chi connectivity index (χ4v) is 6.08. The quantitative estimate of drug-likeness (QED) is 0.732. The highest BCUT2D eigenvalue weighted by molar-refractivity contribution is 9.11. The summed E-state index contributed by atoms with van der Waals surface area (Å²) in [5.41, 5.74) is 3.45. The summed E-state index contributed by atoms with van der Waals surface area (Å²) in [6.07, 6.45) is 0. The summed E-state index contributed by atoms with van der Waals surface area (Å²) in [4.78, 5) is 0. The minimum absolute atomic E-state index is 0.300. The second-order valence-corrected chi connectivity index (χ2v) is 9.70. The third-order valence-electron chi connectivity index (χ3n) is 2.77. The molecule has 1 N–H and O–H groups in total. The predicted octanol–water partition coefficient (Wildman–Crippen LogP) is 5.00. The summed E-state index contributed by atoms with van der Waals surface area (Å²) in [7, 11) is -3.56. The van der Waals surface area contributed by atoms with Crippen LogP contribution >= 0.6 is 43.2 Å². The number of thiophene rings is 1. The van der Waals surface area contributed by atoms with Crippen molar-refractivity contribution in [2.75, 3.05) is 4.72 Å². The van der Waals surface area contributed by atoms with E-state index in [0.29, 0.717) is 9.90 Å². The van der Waals surface area contributed by atoms with Crippen LogP contribution in [0.25, 0.3) is 0 Å². The monoisotopic (exact) mass is 437 g/mol. The van der Waals surface area contributed by atoms with Gasteiger partial charge in [-0.2, -0.15) is 0 Å². The standard InChI is InChI=1S/C13H13Br2NO2S2/c1-7-4-8(2)12(10(14)5-7)16-20(17,18)11-6-9(3)13(15)19-11/h4-6,16H,1-3H3. The Labute approximate surface area is 139 Å². The van der Waals surface area contributed by atoms with Gasteiger partial charge in [0.15, 0.2) is 0 Å². The van der Waals surface area contributed by atoms with Gasteiger partial charge in [0.05, 0.1) is 9.47 Å². The van der Waals surface area contributed by atoms with Crippen molar-refractivity contribution in [1.29, 1.82) is 0 Å². The minimum atomic E-state index is -3.56. The number of rotatable bonds is 3. The molecule has 2 aromatic rings. The molecule has 1 aromatic heterocycles. The van der Waals surface area contributed by atoms with Gasteiger partial charge in [-0.1, -0.05) is 6.07 Å². The van der Waals surface area contributed by atoms with Crippen molar-refractivity contribution >= 4 is 58.9 Å². The SMILES string of the molecule is Cc1cc(C)c(NS(=O)(=O)c2cc(C)c(Br)s2)c(Br)c1. The first-order chi connectivity index (χ1) is 9.20. The van der Waals surface area contributed by atoms with Gasteiger partial charge in [0.25, 0.3) is 10.0 Å². The lowest BCUT2D eigenvalue weighted by molar-refractivity contribution is 0.603. The highest BCUT2D eigenvalue weighted by atomic mass is 79.9. The maximum atomic E-state index is 12.4. The highest BCUT2D eigenvalue weighted by Crippen LogP contribution is 2.34. The van der Waals surface area contributed by atoms with Crippen LogP contribution in [0, 0.1) is 20.8 Å². The summed E-state index contributed by atoms with van der Waals surface area (Å²) in [6.45, 7) is 5.72. The number of nitrogens with one attached hydrogen (secondary N) is 1. The lowest BCUT2D eigenvalue weighted by atomic mass is 10.1. The van der Waals surface area contributed by atoms with Gasteiger partial charge in [-0.25, -0.2) is 8.42 Å². The summed E-state index contributed by atoms with van der Waals surface area (Å²) >= 11 is 7.97. The Morgan fingerprint density at radius 3 is 2.20 bits per heavy atom. The molecule has 0 aliphatic carbocycles. The average molecular weight is 439 g/mol. The maximum absolute atomic E-state index is 12.4. The molecule has 0 aliphatic heterocycles. The molecule has 1 heterocycles. The van der Waals surface area contributed by atoms with E-state index >= 15 is 0 Å². The molecule has 0 spiro atoms. The minimum Gasteiger partial charge on any atom is -0.278 e. The van der Waals surface area contributed by atoms with Gasteiger partial charge in [-0.15, -0.1) is 11.3 Å². The highest BCUT2D eigenvalue weighted by Gasteiger charge is 2.20. The van der Waals surface area contributed by atoms with Gasteiger partial charge in [0.2, 0.25) is 0 Å². The zero-order chi connectivity index (χ0) is 15.1. The second-order valence-electron chi connectivity index (χ2n) is 4.57. The van der Waals surface area contributed by atoms with E-state index in [1.54, 1.807) is 6.07 Å². The van der Waals surface area contributed by atoms with Gasteiger partial charge in [0.1, 0.15) is 4.21 Å². The molecule has 2 rings (SSSR count). The van der Waals surface area contributed by atoms with Crippen LogP contribution in [0.4, 0.5) is 5.69 Å². The average Bonchev–Trinajstić information content (AvgIpc) is 2.65. The van der Waals surface area contributed by atoms with Crippen LogP contribution in [-0.2, 0) is 10.0 Å². The van der Waals surface area contributed by atoms with E-state index in [4.69, 9.17) is 0 Å². The molecular weight excluding hydrogens is 426 g/mol. The van der Waals surface area contributed by atoms with E-state index in [2.05, 4.69) is 36.6 Å². The van der Waals surface area contributed by atoms with E-state index in [1.165, 1.54) is 11.3 Å². The van der Waals surface area contributed by atoms with Crippen molar-refractivity contribution in [3.63, 3.8) is 0 Å². The predicted molar refractivity (Wildman–Crippen MR) is 91.2 cm³/mol. The molecule has 1 aromatic carbocycles. The van der Waals surface area contributed by atoms with E-state index in [-0.39, 0.29) is 0 Å². The molecule has 3 nitrogen and oxygen atoms in total. The van der Waals surface area contributed by atoms with Crippen LogP contribution in [0.2, 0.25) is 0 Å². The van der Waals surface area contributed by atoms with Crippen molar-refractivity contribution in [3.8, 4) is 0 Å². The lowest BCUT2D eigenvalue weighted by Gasteiger charge is -2.12. The first-order valence-electron chi connectivity index (χ1n) is 5.76.